The SMILES string of the molecule is O=C(NC(Cc1ccccc1)C(=O)O)NN1CCCCC1. The van der Waals surface area contributed by atoms with Gasteiger partial charge in [0.1, 0.15) is 6.04 Å². The maximum Gasteiger partial charge on any atom is 0.330 e. The number of carbonyl (C=O) groups is 2. The topological polar surface area (TPSA) is 81.7 Å². The summed E-state index contributed by atoms with van der Waals surface area (Å²) in [7, 11) is 0. The molecular weight excluding hydrogens is 270 g/mol. The molecule has 1 aliphatic rings. The van der Waals surface area contributed by atoms with Crippen LogP contribution in [-0.4, -0.2) is 41.2 Å². The summed E-state index contributed by atoms with van der Waals surface area (Å²) >= 11 is 0. The molecule has 1 atom stereocenters. The van der Waals surface area contributed by atoms with E-state index >= 15 is 0 Å². The van der Waals surface area contributed by atoms with Crippen LogP contribution >= 0.6 is 0 Å². The summed E-state index contributed by atoms with van der Waals surface area (Å²) in [6.07, 6.45) is 3.54. The molecule has 21 heavy (non-hydrogen) atoms. The van der Waals surface area contributed by atoms with Crippen molar-refractivity contribution in [3.8, 4) is 0 Å². The molecule has 0 aliphatic carbocycles. The van der Waals surface area contributed by atoms with Crippen LogP contribution in [-0.2, 0) is 11.2 Å². The molecule has 0 bridgehead atoms. The second-order valence-corrected chi connectivity index (χ2v) is 5.21. The first kappa shape index (κ1) is 15.3. The molecule has 0 radical (unpaired) electrons. The second kappa shape index (κ2) is 7.64. The Morgan fingerprint density at radius 1 is 1.14 bits per heavy atom. The van der Waals surface area contributed by atoms with Gasteiger partial charge in [-0.2, -0.15) is 0 Å². The molecule has 1 fully saturated rings. The van der Waals surface area contributed by atoms with Gasteiger partial charge in [-0.1, -0.05) is 36.8 Å². The van der Waals surface area contributed by atoms with Crippen LogP contribution in [0.3, 0.4) is 0 Å². The summed E-state index contributed by atoms with van der Waals surface area (Å²) in [6, 6.07) is 7.87. The highest BCUT2D eigenvalue weighted by Gasteiger charge is 2.21. The Balaban J connectivity index is 1.86. The van der Waals surface area contributed by atoms with E-state index in [2.05, 4.69) is 10.7 Å². The molecule has 6 nitrogen and oxygen atoms in total. The summed E-state index contributed by atoms with van der Waals surface area (Å²) in [6.45, 7) is 1.62. The molecule has 0 saturated carbocycles. The van der Waals surface area contributed by atoms with E-state index in [9.17, 15) is 14.7 Å². The quantitative estimate of drug-likeness (QED) is 0.765. The number of nitrogens with zero attached hydrogens (tertiary/aromatic N) is 1. The number of carbonyl (C=O) groups excluding carboxylic acids is 1. The van der Waals surface area contributed by atoms with E-state index < -0.39 is 18.0 Å². The van der Waals surface area contributed by atoms with Crippen LogP contribution in [0.25, 0.3) is 0 Å². The molecule has 0 aromatic heterocycles. The first-order chi connectivity index (χ1) is 10.1. The highest BCUT2D eigenvalue weighted by atomic mass is 16.4. The normalized spacial score (nSPS) is 17.0. The van der Waals surface area contributed by atoms with Crippen LogP contribution in [0.15, 0.2) is 30.3 Å². The summed E-state index contributed by atoms with van der Waals surface area (Å²) in [4.78, 5) is 23.2. The molecular formula is C15H21N3O3. The van der Waals surface area contributed by atoms with E-state index in [1.54, 1.807) is 0 Å². The number of benzene rings is 1. The van der Waals surface area contributed by atoms with Crippen LogP contribution in [0.2, 0.25) is 0 Å². The zero-order chi connectivity index (χ0) is 15.1. The van der Waals surface area contributed by atoms with Gasteiger partial charge in [0.05, 0.1) is 0 Å². The zero-order valence-electron chi connectivity index (χ0n) is 11.9. The van der Waals surface area contributed by atoms with E-state index in [1.165, 1.54) is 6.42 Å². The molecule has 1 heterocycles. The van der Waals surface area contributed by atoms with Crippen molar-refractivity contribution in [3.63, 3.8) is 0 Å². The third-order valence-corrected chi connectivity index (χ3v) is 3.50. The van der Waals surface area contributed by atoms with Crippen molar-refractivity contribution in [1.82, 2.24) is 15.8 Å². The van der Waals surface area contributed by atoms with E-state index in [4.69, 9.17) is 0 Å². The predicted octanol–water partition coefficient (Wildman–Crippen LogP) is 1.38. The lowest BCUT2D eigenvalue weighted by atomic mass is 10.1. The van der Waals surface area contributed by atoms with Crippen LogP contribution in [0, 0.1) is 0 Å². The number of aliphatic carboxylic acids is 1. The average molecular weight is 291 g/mol. The van der Waals surface area contributed by atoms with Gasteiger partial charge in [0, 0.05) is 19.5 Å². The van der Waals surface area contributed by atoms with Gasteiger partial charge in [0.2, 0.25) is 0 Å². The molecule has 114 valence electrons. The lowest BCUT2D eigenvalue weighted by Crippen LogP contribution is -2.53. The minimum absolute atomic E-state index is 0.267. The molecule has 2 amide bonds. The molecule has 1 aromatic carbocycles. The minimum Gasteiger partial charge on any atom is -0.480 e. The Morgan fingerprint density at radius 3 is 2.43 bits per heavy atom. The Hall–Kier alpha value is -2.08. The van der Waals surface area contributed by atoms with Gasteiger partial charge in [-0.25, -0.2) is 14.6 Å². The van der Waals surface area contributed by atoms with Crippen molar-refractivity contribution in [1.29, 1.82) is 0 Å². The van der Waals surface area contributed by atoms with Crippen molar-refractivity contribution in [3.05, 3.63) is 35.9 Å². The predicted molar refractivity (Wildman–Crippen MR) is 78.7 cm³/mol. The van der Waals surface area contributed by atoms with E-state index in [1.807, 2.05) is 35.3 Å². The van der Waals surface area contributed by atoms with Crippen molar-refractivity contribution in [2.75, 3.05) is 13.1 Å². The number of carboxylic acid groups (broad SMARTS) is 1. The van der Waals surface area contributed by atoms with E-state index in [0.29, 0.717) is 0 Å². The molecule has 0 spiro atoms. The van der Waals surface area contributed by atoms with Crippen LogP contribution in [0.5, 0.6) is 0 Å². The maximum atomic E-state index is 11.9. The van der Waals surface area contributed by atoms with Gasteiger partial charge in [-0.05, 0) is 18.4 Å². The minimum atomic E-state index is -1.03. The Labute approximate surface area is 124 Å². The van der Waals surface area contributed by atoms with Crippen LogP contribution in [0.1, 0.15) is 24.8 Å². The summed E-state index contributed by atoms with van der Waals surface area (Å²) in [5.41, 5.74) is 3.59. The number of urea groups is 1. The third kappa shape index (κ3) is 5.07. The standard InChI is InChI=1S/C15H21N3O3/c19-14(20)13(11-12-7-3-1-4-8-12)16-15(21)17-18-9-5-2-6-10-18/h1,3-4,7-8,13H,2,5-6,9-11H2,(H,19,20)(H2,16,17,21). The fourth-order valence-electron chi connectivity index (χ4n) is 2.39. The van der Waals surface area contributed by atoms with Crippen LogP contribution < -0.4 is 10.7 Å². The highest BCUT2D eigenvalue weighted by molar-refractivity contribution is 5.82. The van der Waals surface area contributed by atoms with E-state index in [0.717, 1.165) is 31.5 Å². The average Bonchev–Trinajstić information content (AvgIpc) is 2.48. The van der Waals surface area contributed by atoms with Crippen molar-refractivity contribution in [2.24, 2.45) is 0 Å². The van der Waals surface area contributed by atoms with Gasteiger partial charge >= 0.3 is 12.0 Å². The Morgan fingerprint density at radius 2 is 1.81 bits per heavy atom. The summed E-state index contributed by atoms with van der Waals surface area (Å²) in [5.74, 6) is -1.03. The maximum absolute atomic E-state index is 11.9. The van der Waals surface area contributed by atoms with E-state index in [-0.39, 0.29) is 6.42 Å². The number of hydrazine groups is 1. The van der Waals surface area contributed by atoms with Gasteiger partial charge < -0.3 is 10.4 Å². The number of piperidine rings is 1. The Bertz CT molecular complexity index is 472. The lowest BCUT2D eigenvalue weighted by molar-refractivity contribution is -0.139. The van der Waals surface area contributed by atoms with Crippen LogP contribution in [0.4, 0.5) is 4.79 Å². The fourth-order valence-corrected chi connectivity index (χ4v) is 2.39. The highest BCUT2D eigenvalue weighted by Crippen LogP contribution is 2.06. The van der Waals surface area contributed by atoms with Gasteiger partial charge in [0.25, 0.3) is 0 Å². The summed E-state index contributed by atoms with van der Waals surface area (Å²) < 4.78 is 0. The first-order valence-electron chi connectivity index (χ1n) is 7.24. The number of amides is 2. The van der Waals surface area contributed by atoms with Crippen molar-refractivity contribution < 1.29 is 14.7 Å². The first-order valence-corrected chi connectivity index (χ1v) is 7.24. The fraction of sp³-hybridized carbons (Fsp3) is 0.467. The number of carboxylic acids is 1. The van der Waals surface area contributed by atoms with Gasteiger partial charge in [-0.15, -0.1) is 0 Å². The smallest absolute Gasteiger partial charge is 0.330 e. The number of nitrogens with one attached hydrogen (secondary N) is 2. The second-order valence-electron chi connectivity index (χ2n) is 5.21. The van der Waals surface area contributed by atoms with Gasteiger partial charge in [-0.3, -0.25) is 5.43 Å². The molecule has 1 aromatic rings. The molecule has 6 heteroatoms. The molecule has 1 saturated heterocycles. The summed E-state index contributed by atoms with van der Waals surface area (Å²) in [5, 5.41) is 13.6. The van der Waals surface area contributed by atoms with Crippen molar-refractivity contribution in [2.45, 2.75) is 31.7 Å². The third-order valence-electron chi connectivity index (χ3n) is 3.50. The number of hydrogen-bond acceptors (Lipinski definition) is 3. The molecule has 2 rings (SSSR count). The number of hydrogen-bond donors (Lipinski definition) is 3. The number of rotatable bonds is 5. The molecule has 1 aliphatic heterocycles. The Kier molecular flexibility index (Phi) is 5.57. The lowest BCUT2D eigenvalue weighted by Gasteiger charge is -2.27. The molecule has 1 unspecified atom stereocenters. The largest absolute Gasteiger partial charge is 0.480 e. The molecule has 3 N–H and O–H groups in total. The zero-order valence-corrected chi connectivity index (χ0v) is 11.9. The monoisotopic (exact) mass is 291 g/mol. The van der Waals surface area contributed by atoms with Crippen molar-refractivity contribution >= 4 is 12.0 Å². The van der Waals surface area contributed by atoms with Gasteiger partial charge in [0.15, 0.2) is 0 Å².